The van der Waals surface area contributed by atoms with Gasteiger partial charge in [-0.05, 0) is 30.7 Å². The summed E-state index contributed by atoms with van der Waals surface area (Å²) in [6.45, 7) is 9.61. The molecule has 4 atom stereocenters. The smallest absolute Gasteiger partial charge is 0.0112 e. The molecule has 0 saturated carbocycles. The molecule has 1 saturated heterocycles. The Morgan fingerprint density at radius 3 is 2.53 bits per heavy atom. The van der Waals surface area contributed by atoms with E-state index in [1.807, 2.05) is 0 Å². The summed E-state index contributed by atoms with van der Waals surface area (Å²) in [6.07, 6.45) is 1.38. The Morgan fingerprint density at radius 1 is 1.21 bits per heavy atom. The van der Waals surface area contributed by atoms with Crippen molar-refractivity contribution in [2.24, 2.45) is 11.8 Å². The van der Waals surface area contributed by atoms with Crippen molar-refractivity contribution in [3.63, 3.8) is 0 Å². The van der Waals surface area contributed by atoms with Gasteiger partial charge >= 0.3 is 0 Å². The van der Waals surface area contributed by atoms with Crippen molar-refractivity contribution in [2.75, 3.05) is 18.4 Å². The van der Waals surface area contributed by atoms with E-state index >= 15 is 0 Å². The van der Waals surface area contributed by atoms with Crippen LogP contribution >= 0.6 is 15.9 Å². The molecule has 4 unspecified atom stereocenters. The molecule has 2 rings (SSSR count). The third-order valence-electron chi connectivity index (χ3n) is 4.63. The molecule has 2 heteroatoms. The highest BCUT2D eigenvalue weighted by molar-refractivity contribution is 9.09. The van der Waals surface area contributed by atoms with Gasteiger partial charge in [0.05, 0.1) is 0 Å². The molecule has 106 valence electrons. The predicted octanol–water partition coefficient (Wildman–Crippen LogP) is 4.53. The van der Waals surface area contributed by atoms with Crippen LogP contribution in [0.2, 0.25) is 0 Å². The van der Waals surface area contributed by atoms with E-state index in [-0.39, 0.29) is 0 Å². The van der Waals surface area contributed by atoms with Crippen LogP contribution in [-0.4, -0.2) is 29.4 Å². The van der Waals surface area contributed by atoms with E-state index in [0.717, 1.165) is 17.2 Å². The fourth-order valence-electron chi connectivity index (χ4n) is 3.33. The standard InChI is InChI=1S/C17H26BrN/c1-13-9-14(2)15(3)19(11-13)12-17(10-18)16-7-5-4-6-8-16/h4-8,13-15,17H,9-12H2,1-3H3. The van der Waals surface area contributed by atoms with Crippen LogP contribution in [0.5, 0.6) is 0 Å². The Labute approximate surface area is 126 Å². The third-order valence-corrected chi connectivity index (χ3v) is 5.41. The number of nitrogens with zero attached hydrogens (tertiary/aromatic N) is 1. The van der Waals surface area contributed by atoms with Crippen LogP contribution in [0.1, 0.15) is 38.7 Å². The van der Waals surface area contributed by atoms with Gasteiger partial charge in [0.15, 0.2) is 0 Å². The lowest BCUT2D eigenvalue weighted by molar-refractivity contribution is 0.0757. The molecule has 1 fully saturated rings. The molecule has 0 aromatic heterocycles. The first kappa shape index (κ1) is 15.1. The molecule has 1 heterocycles. The van der Waals surface area contributed by atoms with Gasteiger partial charge in [-0.3, -0.25) is 4.90 Å². The Bertz CT molecular complexity index is 378. The lowest BCUT2D eigenvalue weighted by atomic mass is 9.85. The van der Waals surface area contributed by atoms with E-state index in [1.54, 1.807) is 0 Å². The minimum atomic E-state index is 0.598. The zero-order chi connectivity index (χ0) is 13.8. The maximum absolute atomic E-state index is 3.70. The Kier molecular flexibility index (Phi) is 5.47. The highest BCUT2D eigenvalue weighted by Crippen LogP contribution is 2.29. The normalized spacial score (nSPS) is 30.2. The molecule has 1 aromatic carbocycles. The Hall–Kier alpha value is -0.340. The lowest BCUT2D eigenvalue weighted by Gasteiger charge is -2.42. The first-order valence-corrected chi connectivity index (χ1v) is 8.59. The number of piperidine rings is 1. The zero-order valence-corrected chi connectivity index (χ0v) is 13.9. The van der Waals surface area contributed by atoms with Crippen molar-refractivity contribution >= 4 is 15.9 Å². The van der Waals surface area contributed by atoms with Gasteiger partial charge < -0.3 is 0 Å². The van der Waals surface area contributed by atoms with Crippen LogP contribution < -0.4 is 0 Å². The fraction of sp³-hybridized carbons (Fsp3) is 0.647. The molecule has 0 amide bonds. The second-order valence-corrected chi connectivity index (χ2v) is 6.92. The van der Waals surface area contributed by atoms with Gasteiger partial charge in [0.25, 0.3) is 0 Å². The monoisotopic (exact) mass is 323 g/mol. The molecule has 19 heavy (non-hydrogen) atoms. The van der Waals surface area contributed by atoms with Crippen LogP contribution in [0.25, 0.3) is 0 Å². The molecule has 1 nitrogen and oxygen atoms in total. The molecular weight excluding hydrogens is 298 g/mol. The second kappa shape index (κ2) is 6.90. The van der Waals surface area contributed by atoms with Gasteiger partial charge in [0, 0.05) is 30.4 Å². The van der Waals surface area contributed by atoms with Gasteiger partial charge in [-0.1, -0.05) is 60.1 Å². The number of hydrogen-bond donors (Lipinski definition) is 0. The number of hydrogen-bond acceptors (Lipinski definition) is 1. The van der Waals surface area contributed by atoms with Crippen molar-refractivity contribution in [1.82, 2.24) is 4.90 Å². The minimum absolute atomic E-state index is 0.598. The van der Waals surface area contributed by atoms with Gasteiger partial charge in [0.2, 0.25) is 0 Å². The van der Waals surface area contributed by atoms with Crippen molar-refractivity contribution in [3.8, 4) is 0 Å². The molecular formula is C17H26BrN. The zero-order valence-electron chi connectivity index (χ0n) is 12.3. The summed E-state index contributed by atoms with van der Waals surface area (Å²) in [5.74, 6) is 2.24. The molecule has 0 radical (unpaired) electrons. The largest absolute Gasteiger partial charge is 0.299 e. The van der Waals surface area contributed by atoms with E-state index in [9.17, 15) is 0 Å². The molecule has 1 aliphatic rings. The van der Waals surface area contributed by atoms with Crippen molar-refractivity contribution in [2.45, 2.75) is 39.2 Å². The van der Waals surface area contributed by atoms with Gasteiger partial charge in [-0.25, -0.2) is 0 Å². The average Bonchev–Trinajstić information content (AvgIpc) is 2.42. The summed E-state index contributed by atoms with van der Waals surface area (Å²) < 4.78 is 0. The number of benzene rings is 1. The highest BCUT2D eigenvalue weighted by atomic mass is 79.9. The number of halogens is 1. The van der Waals surface area contributed by atoms with E-state index in [4.69, 9.17) is 0 Å². The number of likely N-dealkylation sites (tertiary alicyclic amines) is 1. The molecule has 1 aromatic rings. The second-order valence-electron chi connectivity index (χ2n) is 6.27. The first-order valence-electron chi connectivity index (χ1n) is 7.46. The van der Waals surface area contributed by atoms with Crippen LogP contribution in [0.3, 0.4) is 0 Å². The molecule has 1 aliphatic heterocycles. The van der Waals surface area contributed by atoms with Crippen molar-refractivity contribution < 1.29 is 0 Å². The van der Waals surface area contributed by atoms with E-state index < -0.39 is 0 Å². The topological polar surface area (TPSA) is 3.24 Å². The van der Waals surface area contributed by atoms with Crippen LogP contribution in [0.4, 0.5) is 0 Å². The van der Waals surface area contributed by atoms with Gasteiger partial charge in [-0.2, -0.15) is 0 Å². The number of alkyl halides is 1. The Morgan fingerprint density at radius 2 is 1.89 bits per heavy atom. The number of rotatable bonds is 4. The summed E-state index contributed by atoms with van der Waals surface area (Å²) in [5, 5.41) is 1.04. The van der Waals surface area contributed by atoms with E-state index in [0.29, 0.717) is 12.0 Å². The van der Waals surface area contributed by atoms with Crippen LogP contribution in [0.15, 0.2) is 30.3 Å². The van der Waals surface area contributed by atoms with Crippen LogP contribution in [-0.2, 0) is 0 Å². The minimum Gasteiger partial charge on any atom is -0.299 e. The quantitative estimate of drug-likeness (QED) is 0.736. The maximum atomic E-state index is 3.70. The third kappa shape index (κ3) is 3.82. The lowest BCUT2D eigenvalue weighted by Crippen LogP contribution is -2.47. The predicted molar refractivity (Wildman–Crippen MR) is 87.0 cm³/mol. The Balaban J connectivity index is 2.05. The SMILES string of the molecule is CC1CC(C)C(C)N(CC(CBr)c2ccccc2)C1. The van der Waals surface area contributed by atoms with E-state index in [1.165, 1.54) is 25.1 Å². The summed E-state index contributed by atoms with van der Waals surface area (Å²) >= 11 is 3.70. The van der Waals surface area contributed by atoms with Gasteiger partial charge in [-0.15, -0.1) is 0 Å². The van der Waals surface area contributed by atoms with Crippen LogP contribution in [0, 0.1) is 11.8 Å². The summed E-state index contributed by atoms with van der Waals surface area (Å²) in [7, 11) is 0. The van der Waals surface area contributed by atoms with E-state index in [2.05, 4.69) is 71.9 Å². The first-order chi connectivity index (χ1) is 9.11. The van der Waals surface area contributed by atoms with Crippen molar-refractivity contribution in [3.05, 3.63) is 35.9 Å². The highest BCUT2D eigenvalue weighted by Gasteiger charge is 2.30. The summed E-state index contributed by atoms with van der Waals surface area (Å²) in [4.78, 5) is 2.69. The molecule has 0 bridgehead atoms. The molecule has 0 spiro atoms. The molecule has 0 N–H and O–H groups in total. The summed E-state index contributed by atoms with van der Waals surface area (Å²) in [6, 6.07) is 11.6. The summed E-state index contributed by atoms with van der Waals surface area (Å²) in [5.41, 5.74) is 1.46. The van der Waals surface area contributed by atoms with Crippen molar-refractivity contribution in [1.29, 1.82) is 0 Å². The average molecular weight is 324 g/mol. The maximum Gasteiger partial charge on any atom is 0.0112 e. The van der Waals surface area contributed by atoms with Gasteiger partial charge in [0.1, 0.15) is 0 Å². The molecule has 0 aliphatic carbocycles. The fourth-order valence-corrected chi connectivity index (χ4v) is 3.90.